The van der Waals surface area contributed by atoms with Crippen LogP contribution >= 0.6 is 0 Å². The van der Waals surface area contributed by atoms with E-state index in [4.69, 9.17) is 28.5 Å². The first-order chi connectivity index (χ1) is 16.0. The van der Waals surface area contributed by atoms with E-state index in [0.29, 0.717) is 34.4 Å². The van der Waals surface area contributed by atoms with Crippen LogP contribution in [0, 0.1) is 20.8 Å². The minimum absolute atomic E-state index is 0.693. The average Bonchev–Trinajstić information content (AvgIpc) is 3.57. The zero-order valence-electron chi connectivity index (χ0n) is 18.1. The minimum atomic E-state index is 0.693. The molecule has 0 spiro atoms. The summed E-state index contributed by atoms with van der Waals surface area (Å²) in [7, 11) is 0. The highest BCUT2D eigenvalue weighted by molar-refractivity contribution is 5.72. The zero-order valence-corrected chi connectivity index (χ0v) is 18.1. The second kappa shape index (κ2) is 6.26. The van der Waals surface area contributed by atoms with Gasteiger partial charge in [-0.25, -0.2) is 0 Å². The molecule has 0 N–H and O–H groups in total. The molecule has 7 aromatic heterocycles. The van der Waals surface area contributed by atoms with Gasteiger partial charge in [0.2, 0.25) is 0 Å². The van der Waals surface area contributed by atoms with Gasteiger partial charge in [-0.1, -0.05) is 0 Å². The summed E-state index contributed by atoms with van der Waals surface area (Å²) >= 11 is 0. The number of aromatic nitrogens is 6. The molecule has 0 amide bonds. The van der Waals surface area contributed by atoms with Gasteiger partial charge in [-0.15, -0.1) is 0 Å². The lowest BCUT2D eigenvalue weighted by atomic mass is 10.3. The minimum Gasteiger partial charge on any atom is -0.460 e. The molecule has 0 fully saturated rings. The highest BCUT2D eigenvalue weighted by atomic mass is 16.3. The molecular formula is C24H18N6O3. The molecule has 0 radical (unpaired) electrons. The summed E-state index contributed by atoms with van der Waals surface area (Å²) in [5, 5.41) is 14.5. The molecule has 0 aliphatic rings. The fraction of sp³-hybridized carbons (Fsp3) is 0.125. The van der Waals surface area contributed by atoms with Gasteiger partial charge in [0.1, 0.15) is 34.4 Å². The Labute approximate surface area is 186 Å². The molecule has 9 heteroatoms. The first-order valence-corrected chi connectivity index (χ1v) is 10.6. The van der Waals surface area contributed by atoms with Crippen LogP contribution in [0.2, 0.25) is 0 Å². The molecule has 7 rings (SSSR count). The van der Waals surface area contributed by atoms with Gasteiger partial charge in [-0.05, 0) is 57.2 Å². The Kier molecular flexibility index (Phi) is 3.43. The van der Waals surface area contributed by atoms with E-state index in [1.54, 1.807) is 0 Å². The smallest absolute Gasteiger partial charge is 0.162 e. The monoisotopic (exact) mass is 438 g/mol. The van der Waals surface area contributed by atoms with Crippen molar-refractivity contribution in [3.63, 3.8) is 0 Å². The predicted octanol–water partition coefficient (Wildman–Crippen LogP) is 5.33. The number of nitrogens with zero attached hydrogens (tertiary/aromatic N) is 6. The molecule has 162 valence electrons. The molecule has 0 aliphatic heterocycles. The topological polar surface area (TPSA) is 91.3 Å². The number of furan rings is 3. The summed E-state index contributed by atoms with van der Waals surface area (Å²) in [5.41, 5.74) is 4.45. The van der Waals surface area contributed by atoms with Crippen LogP contribution in [0.1, 0.15) is 17.3 Å². The van der Waals surface area contributed by atoms with Crippen molar-refractivity contribution in [1.29, 1.82) is 0 Å². The van der Waals surface area contributed by atoms with Crippen molar-refractivity contribution in [2.75, 3.05) is 0 Å². The third-order valence-corrected chi connectivity index (χ3v) is 5.70. The first-order valence-electron chi connectivity index (χ1n) is 10.6. The second-order valence-corrected chi connectivity index (χ2v) is 8.13. The molecule has 0 bridgehead atoms. The summed E-state index contributed by atoms with van der Waals surface area (Å²) in [4.78, 5) is 0. The lowest BCUT2D eigenvalue weighted by Crippen LogP contribution is -2.04. The largest absolute Gasteiger partial charge is 0.460 e. The van der Waals surface area contributed by atoms with Gasteiger partial charge in [0.15, 0.2) is 34.2 Å². The Balaban J connectivity index is 1.56. The van der Waals surface area contributed by atoms with Crippen molar-refractivity contribution in [2.45, 2.75) is 20.8 Å². The molecule has 0 aromatic carbocycles. The third-order valence-electron chi connectivity index (χ3n) is 5.70. The Morgan fingerprint density at radius 2 is 0.788 bits per heavy atom. The summed E-state index contributed by atoms with van der Waals surface area (Å²) in [6.07, 6.45) is 0. The highest BCUT2D eigenvalue weighted by Crippen LogP contribution is 2.29. The molecule has 0 saturated heterocycles. The number of hydrogen-bond acceptors (Lipinski definition) is 6. The zero-order chi connectivity index (χ0) is 22.3. The summed E-state index contributed by atoms with van der Waals surface area (Å²) in [6, 6.07) is 17.4. The highest BCUT2D eigenvalue weighted by Gasteiger charge is 2.20. The van der Waals surface area contributed by atoms with Crippen molar-refractivity contribution in [3.05, 3.63) is 71.9 Å². The number of rotatable bonds is 3. The van der Waals surface area contributed by atoms with E-state index in [1.807, 2.05) is 88.9 Å². The Morgan fingerprint density at radius 1 is 0.485 bits per heavy atom. The standard InChI is InChI=1S/C24H18N6O3/c1-13-4-7-19(31-13)16-10-22-28(25-16)23-11-17(20-8-5-14(2)32-20)27-30(23)24-12-18(26-29(22)24)21-9-6-15(3)33-21/h4-12H,1-3H3. The normalized spacial score (nSPS) is 12.1. The quantitative estimate of drug-likeness (QED) is 0.370. The summed E-state index contributed by atoms with van der Waals surface area (Å²) in [6.45, 7) is 5.74. The molecule has 0 saturated carbocycles. The third kappa shape index (κ3) is 2.62. The molecule has 0 atom stereocenters. The lowest BCUT2D eigenvalue weighted by molar-refractivity contribution is 0.545. The Bertz CT molecular complexity index is 1510. The van der Waals surface area contributed by atoms with Gasteiger partial charge in [-0.2, -0.15) is 28.8 Å². The van der Waals surface area contributed by atoms with E-state index in [2.05, 4.69) is 0 Å². The van der Waals surface area contributed by atoms with Crippen LogP contribution in [0.5, 0.6) is 0 Å². The van der Waals surface area contributed by atoms with Crippen molar-refractivity contribution in [2.24, 2.45) is 0 Å². The van der Waals surface area contributed by atoms with Crippen LogP contribution in [-0.2, 0) is 0 Å². The van der Waals surface area contributed by atoms with E-state index in [1.165, 1.54) is 0 Å². The van der Waals surface area contributed by atoms with Crippen molar-refractivity contribution < 1.29 is 13.3 Å². The molecule has 0 aliphatic carbocycles. The van der Waals surface area contributed by atoms with Crippen molar-refractivity contribution >= 4 is 16.9 Å². The fourth-order valence-electron chi connectivity index (χ4n) is 4.15. The maximum Gasteiger partial charge on any atom is 0.162 e. The van der Waals surface area contributed by atoms with E-state index in [0.717, 1.165) is 34.2 Å². The molecule has 7 aromatic rings. The van der Waals surface area contributed by atoms with Crippen LogP contribution in [-0.4, -0.2) is 28.8 Å². The molecule has 7 heterocycles. The van der Waals surface area contributed by atoms with E-state index in [9.17, 15) is 0 Å². The van der Waals surface area contributed by atoms with Gasteiger partial charge in [0.25, 0.3) is 0 Å². The van der Waals surface area contributed by atoms with Gasteiger partial charge in [0.05, 0.1) is 0 Å². The maximum atomic E-state index is 5.82. The first kappa shape index (κ1) is 18.1. The summed E-state index contributed by atoms with van der Waals surface area (Å²) < 4.78 is 22.9. The van der Waals surface area contributed by atoms with Crippen LogP contribution in [0.15, 0.2) is 67.8 Å². The van der Waals surface area contributed by atoms with Crippen LogP contribution in [0.3, 0.4) is 0 Å². The van der Waals surface area contributed by atoms with Crippen LogP contribution in [0.4, 0.5) is 0 Å². The number of hydrogen-bond donors (Lipinski definition) is 0. The second-order valence-electron chi connectivity index (χ2n) is 8.13. The molecule has 0 unspecified atom stereocenters. The molecule has 33 heavy (non-hydrogen) atoms. The van der Waals surface area contributed by atoms with Crippen LogP contribution < -0.4 is 0 Å². The average molecular weight is 438 g/mol. The van der Waals surface area contributed by atoms with Gasteiger partial charge in [0, 0.05) is 18.2 Å². The number of fused-ring (bicyclic) bond motifs is 6. The SMILES string of the molecule is Cc1ccc(-c2cc3n(n2)c2cc(-c4ccc(C)o4)nn2c2cc(-c4ccc(C)o4)nn32)o1. The van der Waals surface area contributed by atoms with E-state index in [-0.39, 0.29) is 0 Å². The molecule has 9 nitrogen and oxygen atoms in total. The predicted molar refractivity (Wildman–Crippen MR) is 120 cm³/mol. The lowest BCUT2D eigenvalue weighted by Gasteiger charge is -2.01. The van der Waals surface area contributed by atoms with Crippen molar-refractivity contribution in [3.8, 4) is 34.4 Å². The van der Waals surface area contributed by atoms with E-state index >= 15 is 0 Å². The maximum absolute atomic E-state index is 5.82. The van der Waals surface area contributed by atoms with Gasteiger partial charge < -0.3 is 13.3 Å². The fourth-order valence-corrected chi connectivity index (χ4v) is 4.15. The van der Waals surface area contributed by atoms with Crippen LogP contribution in [0.25, 0.3) is 51.3 Å². The van der Waals surface area contributed by atoms with Gasteiger partial charge >= 0.3 is 0 Å². The number of aryl methyl sites for hydroxylation is 3. The van der Waals surface area contributed by atoms with Crippen molar-refractivity contribution in [1.82, 2.24) is 28.8 Å². The Hall–Kier alpha value is -4.53. The molecular weight excluding hydrogens is 420 g/mol. The van der Waals surface area contributed by atoms with E-state index < -0.39 is 0 Å². The van der Waals surface area contributed by atoms with Gasteiger partial charge in [-0.3, -0.25) is 0 Å². The Morgan fingerprint density at radius 3 is 1.03 bits per heavy atom. The summed E-state index contributed by atoms with van der Waals surface area (Å²) in [5.74, 6) is 4.55.